The normalized spacial score (nSPS) is 10.7. The first-order valence-electron chi connectivity index (χ1n) is 7.56. The van der Waals surface area contributed by atoms with Gasteiger partial charge in [0.1, 0.15) is 17.3 Å². The van der Waals surface area contributed by atoms with Crippen LogP contribution in [-0.4, -0.2) is 19.7 Å². The van der Waals surface area contributed by atoms with E-state index in [1.165, 1.54) is 0 Å². The lowest BCUT2D eigenvalue weighted by Crippen LogP contribution is -2.00. The van der Waals surface area contributed by atoms with Crippen molar-refractivity contribution in [1.29, 1.82) is 5.26 Å². The molecular formula is C19H13N5. The van der Waals surface area contributed by atoms with Gasteiger partial charge >= 0.3 is 0 Å². The Bertz CT molecular complexity index is 1060. The van der Waals surface area contributed by atoms with Crippen LogP contribution in [0.1, 0.15) is 11.4 Å². The van der Waals surface area contributed by atoms with Gasteiger partial charge in [-0.3, -0.25) is 0 Å². The Morgan fingerprint density at radius 3 is 2.25 bits per heavy atom. The van der Waals surface area contributed by atoms with Gasteiger partial charge in [-0.05, 0) is 19.1 Å². The quantitative estimate of drug-likeness (QED) is 0.566. The van der Waals surface area contributed by atoms with Crippen LogP contribution in [0.2, 0.25) is 0 Å². The number of benzene rings is 2. The number of fused-ring (bicyclic) bond motifs is 1. The molecule has 4 aromatic rings. The van der Waals surface area contributed by atoms with E-state index in [2.05, 4.69) is 16.2 Å². The highest BCUT2D eigenvalue weighted by molar-refractivity contribution is 5.80. The van der Waals surface area contributed by atoms with Gasteiger partial charge in [-0.15, -0.1) is 0 Å². The van der Waals surface area contributed by atoms with Crippen LogP contribution in [0.25, 0.3) is 28.1 Å². The largest absolute Gasteiger partial charge is 0.229 e. The van der Waals surface area contributed by atoms with Crippen molar-refractivity contribution in [2.75, 3.05) is 0 Å². The van der Waals surface area contributed by atoms with Gasteiger partial charge in [0.25, 0.3) is 0 Å². The van der Waals surface area contributed by atoms with E-state index in [9.17, 15) is 5.26 Å². The van der Waals surface area contributed by atoms with E-state index >= 15 is 0 Å². The van der Waals surface area contributed by atoms with Crippen molar-refractivity contribution >= 4 is 11.2 Å². The van der Waals surface area contributed by atoms with Crippen LogP contribution < -0.4 is 0 Å². The van der Waals surface area contributed by atoms with Gasteiger partial charge in [0.2, 0.25) is 0 Å². The Kier molecular flexibility index (Phi) is 3.29. The number of nitriles is 1. The minimum Gasteiger partial charge on any atom is -0.229 e. The fourth-order valence-electron chi connectivity index (χ4n) is 2.69. The fraction of sp³-hybridized carbons (Fsp3) is 0.0526. The Morgan fingerprint density at radius 2 is 1.58 bits per heavy atom. The molecule has 2 heterocycles. The molecular weight excluding hydrogens is 298 g/mol. The second-order valence-electron chi connectivity index (χ2n) is 5.40. The molecule has 4 rings (SSSR count). The van der Waals surface area contributed by atoms with Gasteiger partial charge in [0.05, 0.1) is 11.4 Å². The minimum absolute atomic E-state index is 0.310. The first-order chi connectivity index (χ1) is 11.8. The molecule has 0 aliphatic heterocycles. The van der Waals surface area contributed by atoms with Crippen LogP contribution in [0.3, 0.4) is 0 Å². The van der Waals surface area contributed by atoms with Crippen LogP contribution in [0.5, 0.6) is 0 Å². The van der Waals surface area contributed by atoms with E-state index in [0.717, 1.165) is 16.9 Å². The van der Waals surface area contributed by atoms with Crippen LogP contribution in [0.15, 0.2) is 60.7 Å². The average Bonchev–Trinajstić information content (AvgIpc) is 2.98. The second kappa shape index (κ2) is 5.60. The molecule has 0 aliphatic rings. The number of hydrogen-bond donors (Lipinski definition) is 0. The second-order valence-corrected chi connectivity index (χ2v) is 5.40. The van der Waals surface area contributed by atoms with Crippen molar-refractivity contribution in [2.24, 2.45) is 0 Å². The summed E-state index contributed by atoms with van der Waals surface area (Å²) in [4.78, 5) is 9.24. The summed E-state index contributed by atoms with van der Waals surface area (Å²) in [5.41, 5.74) is 4.70. The molecule has 0 unspecified atom stereocenters. The predicted octanol–water partition coefficient (Wildman–Crippen LogP) is 3.66. The summed E-state index contributed by atoms with van der Waals surface area (Å²) in [5, 5.41) is 14.0. The van der Waals surface area contributed by atoms with Gasteiger partial charge in [0, 0.05) is 5.56 Å². The highest BCUT2D eigenvalue weighted by atomic mass is 15.3. The lowest BCUT2D eigenvalue weighted by atomic mass is 10.1. The molecule has 0 saturated carbocycles. The first-order valence-corrected chi connectivity index (χ1v) is 7.56. The standard InChI is InChI=1S/C19H13N5/c1-13-17-19(24(23-13)15-10-6-3-7-11-15)22-18(16(12-20)21-17)14-8-4-2-5-9-14/h2-11H,1H3. The lowest BCUT2D eigenvalue weighted by Gasteiger charge is -2.05. The van der Waals surface area contributed by atoms with Gasteiger partial charge in [0.15, 0.2) is 11.3 Å². The molecule has 0 N–H and O–H groups in total. The van der Waals surface area contributed by atoms with E-state index < -0.39 is 0 Å². The molecule has 2 aromatic carbocycles. The molecule has 2 aromatic heterocycles. The van der Waals surface area contributed by atoms with E-state index in [0.29, 0.717) is 22.6 Å². The highest BCUT2D eigenvalue weighted by Crippen LogP contribution is 2.25. The minimum atomic E-state index is 0.310. The Hall–Kier alpha value is -3.52. The molecule has 0 spiro atoms. The van der Waals surface area contributed by atoms with E-state index in [1.54, 1.807) is 4.68 Å². The molecule has 0 aliphatic carbocycles. The zero-order chi connectivity index (χ0) is 16.5. The molecule has 5 heteroatoms. The number of rotatable bonds is 2. The van der Waals surface area contributed by atoms with Gasteiger partial charge in [-0.1, -0.05) is 48.5 Å². The maximum atomic E-state index is 9.47. The Morgan fingerprint density at radius 1 is 0.917 bits per heavy atom. The maximum Gasteiger partial charge on any atom is 0.182 e. The summed E-state index contributed by atoms with van der Waals surface area (Å²) in [6.45, 7) is 1.87. The molecule has 0 fully saturated rings. The number of nitrogens with zero attached hydrogens (tertiary/aromatic N) is 5. The summed E-state index contributed by atoms with van der Waals surface area (Å²) in [6.07, 6.45) is 0. The van der Waals surface area contributed by atoms with Crippen LogP contribution in [0.4, 0.5) is 0 Å². The van der Waals surface area contributed by atoms with Gasteiger partial charge in [-0.2, -0.15) is 10.4 Å². The van der Waals surface area contributed by atoms with Gasteiger partial charge < -0.3 is 0 Å². The summed E-state index contributed by atoms with van der Waals surface area (Å²) < 4.78 is 1.77. The van der Waals surface area contributed by atoms with E-state index in [4.69, 9.17) is 4.98 Å². The molecule has 24 heavy (non-hydrogen) atoms. The third kappa shape index (κ3) is 2.22. The molecule has 5 nitrogen and oxygen atoms in total. The summed E-state index contributed by atoms with van der Waals surface area (Å²) >= 11 is 0. The van der Waals surface area contributed by atoms with Crippen LogP contribution >= 0.6 is 0 Å². The summed E-state index contributed by atoms with van der Waals surface area (Å²) in [6, 6.07) is 21.6. The van der Waals surface area contributed by atoms with Crippen molar-refractivity contribution in [3.63, 3.8) is 0 Å². The number of aromatic nitrogens is 4. The smallest absolute Gasteiger partial charge is 0.182 e. The molecule has 0 bridgehead atoms. The predicted molar refractivity (Wildman–Crippen MR) is 91.5 cm³/mol. The van der Waals surface area contributed by atoms with Crippen molar-refractivity contribution < 1.29 is 0 Å². The average molecular weight is 311 g/mol. The monoisotopic (exact) mass is 311 g/mol. The van der Waals surface area contributed by atoms with Crippen molar-refractivity contribution in [1.82, 2.24) is 19.7 Å². The molecule has 0 saturated heterocycles. The zero-order valence-corrected chi connectivity index (χ0v) is 13.0. The summed E-state index contributed by atoms with van der Waals surface area (Å²) in [5.74, 6) is 0. The third-order valence-electron chi connectivity index (χ3n) is 3.82. The highest BCUT2D eigenvalue weighted by Gasteiger charge is 2.17. The number of aryl methyl sites for hydroxylation is 1. The van der Waals surface area contributed by atoms with Crippen molar-refractivity contribution in [3.8, 4) is 23.0 Å². The Labute approximate surface area is 138 Å². The maximum absolute atomic E-state index is 9.47. The topological polar surface area (TPSA) is 67.4 Å². The summed E-state index contributed by atoms with van der Waals surface area (Å²) in [7, 11) is 0. The van der Waals surface area contributed by atoms with Gasteiger partial charge in [-0.25, -0.2) is 14.6 Å². The van der Waals surface area contributed by atoms with Crippen LogP contribution in [0, 0.1) is 18.3 Å². The van der Waals surface area contributed by atoms with Crippen molar-refractivity contribution in [3.05, 3.63) is 72.1 Å². The fourth-order valence-corrected chi connectivity index (χ4v) is 2.69. The van der Waals surface area contributed by atoms with Crippen LogP contribution in [-0.2, 0) is 0 Å². The Balaban J connectivity index is 2.04. The molecule has 0 amide bonds. The molecule has 114 valence electrons. The lowest BCUT2D eigenvalue weighted by molar-refractivity contribution is 0.878. The van der Waals surface area contributed by atoms with Crippen molar-refractivity contribution in [2.45, 2.75) is 6.92 Å². The SMILES string of the molecule is Cc1nn(-c2ccccc2)c2nc(-c3ccccc3)c(C#N)nc12. The molecule has 0 radical (unpaired) electrons. The number of hydrogen-bond acceptors (Lipinski definition) is 4. The third-order valence-corrected chi connectivity index (χ3v) is 3.82. The van der Waals surface area contributed by atoms with E-state index in [-0.39, 0.29) is 0 Å². The first kappa shape index (κ1) is 14.1. The molecule has 0 atom stereocenters. The number of para-hydroxylation sites is 1. The zero-order valence-electron chi connectivity index (χ0n) is 13.0. The van der Waals surface area contributed by atoms with E-state index in [1.807, 2.05) is 67.6 Å².